The normalized spacial score (nSPS) is 13.4. The third-order valence-electron chi connectivity index (χ3n) is 24.0. The molecule has 14 heteroatoms. The number of aromatic hydroxyl groups is 1. The quantitative estimate of drug-likeness (QED) is 0.0176. The van der Waals surface area contributed by atoms with Gasteiger partial charge in [0.15, 0.2) is 63.3 Å². The molecule has 3 aromatic rings. The van der Waals surface area contributed by atoms with Gasteiger partial charge in [0.25, 0.3) is 0 Å². The highest BCUT2D eigenvalue weighted by atomic mass is 16.6. The van der Waals surface area contributed by atoms with Gasteiger partial charge in [-0.25, -0.2) is 4.79 Å². The number of carbonyl (C=O) groups is 9. The topological polar surface area (TPSA) is 228 Å². The molecule has 2 aliphatic rings. The van der Waals surface area contributed by atoms with Crippen LogP contribution in [0.2, 0.25) is 0 Å². The first-order valence-electron chi connectivity index (χ1n) is 47.5. The van der Waals surface area contributed by atoms with Crippen LogP contribution in [0.1, 0.15) is 566 Å². The fourth-order valence-electron chi connectivity index (χ4n) is 17.2. The van der Waals surface area contributed by atoms with Crippen LogP contribution in [0.4, 0.5) is 5.69 Å². The van der Waals surface area contributed by atoms with Crippen LogP contribution >= 0.6 is 0 Å². The van der Waals surface area contributed by atoms with Gasteiger partial charge in [-0.15, -0.1) is 0 Å². The first kappa shape index (κ1) is 98.3. The minimum atomic E-state index is -2.80. The fourth-order valence-corrected chi connectivity index (χ4v) is 17.2. The molecule has 0 aromatic heterocycles. The number of hydrogen-bond acceptors (Lipinski definition) is 14. The van der Waals surface area contributed by atoms with Crippen molar-refractivity contribution in [2.45, 2.75) is 472 Å². The van der Waals surface area contributed by atoms with Crippen molar-refractivity contribution in [3.8, 4) is 23.0 Å². The second-order valence-electron chi connectivity index (χ2n) is 33.9. The standard InChI is InChI=1S/C100H157NO13/c1-9-17-25-33-41-49-57-65-77(102)75-73-74-76(78(103)66-58-50-42-34-26-18-10-2)91-85(75)99(111)114-100(91)92-86(79(104)67-59-51-43-35-27-19-11-3)87(80(105)68-60-52-44-36-28-20-12-4)95(110)89(82(107)70-62-54-46-38-30-22-14-6)97(92)113-98-90(83(108)71-63-55-47-39-31-23-15-7)96(112-84(109)72-64-56-48-40-32-24-16-8)88(94(101)93(98)100)81(106)69-61-53-45-37-29-21-13-5/h73-74,110H,9-72,101H2,1-8H3. The van der Waals surface area contributed by atoms with E-state index >= 15 is 43.2 Å². The molecule has 3 N–H and O–H groups in total. The number of nitrogens with two attached hydrogens (primary N) is 1. The van der Waals surface area contributed by atoms with Crippen molar-refractivity contribution in [2.24, 2.45) is 0 Å². The summed E-state index contributed by atoms with van der Waals surface area (Å²) in [6.07, 6.45) is 47.7. The molecule has 3 aromatic carbocycles. The number of carbonyl (C=O) groups excluding carboxylic acids is 9. The number of anilines is 1. The third kappa shape index (κ3) is 30.9. The molecule has 0 amide bonds. The smallest absolute Gasteiger partial charge is 0.340 e. The van der Waals surface area contributed by atoms with Crippen LogP contribution in [0.3, 0.4) is 0 Å². The van der Waals surface area contributed by atoms with Gasteiger partial charge in [-0.2, -0.15) is 0 Å². The van der Waals surface area contributed by atoms with Crippen molar-refractivity contribution < 1.29 is 62.5 Å². The van der Waals surface area contributed by atoms with Crippen molar-refractivity contribution in [3.63, 3.8) is 0 Å². The van der Waals surface area contributed by atoms with Gasteiger partial charge in [-0.1, -0.05) is 370 Å². The Balaban J connectivity index is 2.14. The van der Waals surface area contributed by atoms with Crippen molar-refractivity contribution in [1.29, 1.82) is 0 Å². The molecule has 1 atom stereocenters. The molecule has 0 saturated heterocycles. The molecule has 0 fully saturated rings. The number of ether oxygens (including phenoxy) is 3. The average Bonchev–Trinajstić information content (AvgIpc) is 1.49. The Labute approximate surface area is 690 Å². The number of phenolic OH excluding ortho intramolecular Hbond substituents is 1. The predicted molar refractivity (Wildman–Crippen MR) is 468 cm³/mol. The van der Waals surface area contributed by atoms with E-state index in [-0.39, 0.29) is 101 Å². The number of phenols is 1. The lowest BCUT2D eigenvalue weighted by molar-refractivity contribution is -0.134. The summed E-state index contributed by atoms with van der Waals surface area (Å²) < 4.78 is 21.6. The van der Waals surface area contributed by atoms with Crippen molar-refractivity contribution in [1.82, 2.24) is 0 Å². The highest BCUT2D eigenvalue weighted by Crippen LogP contribution is 2.65. The SMILES string of the molecule is CCCCCCCCCC(=O)Oc1c(C(=O)CCCCCCCCC)c(N)c2c(c1C(=O)CCCCCCCCC)Oc1c(C(=O)CCCCCCCCC)c(O)c(C(=O)CCCCCCCCC)c(C(=O)CCCCCCCCC)c1C21OC(=O)c2c(C(=O)CCCCCCCCC)ccc(C(=O)CCCCCCCCC)c21. The molecule has 1 unspecified atom stereocenters. The Kier molecular flexibility index (Phi) is 49.8. The molecule has 14 nitrogen and oxygen atoms in total. The largest absolute Gasteiger partial charge is 0.506 e. The summed E-state index contributed by atoms with van der Waals surface area (Å²) in [5.74, 6) is -7.92. The van der Waals surface area contributed by atoms with Crippen molar-refractivity contribution in [3.05, 3.63) is 73.3 Å². The molecule has 0 bridgehead atoms. The highest BCUT2D eigenvalue weighted by molar-refractivity contribution is 6.20. The number of rotatable bonds is 72. The molecule has 0 aliphatic carbocycles. The lowest BCUT2D eigenvalue weighted by atomic mass is 9.68. The maximum Gasteiger partial charge on any atom is 0.340 e. The number of esters is 2. The zero-order chi connectivity index (χ0) is 82.7. The van der Waals surface area contributed by atoms with Crippen LogP contribution in [0.25, 0.3) is 0 Å². The maximum atomic E-state index is 16.7. The van der Waals surface area contributed by atoms with Gasteiger partial charge < -0.3 is 25.1 Å². The Morgan fingerprint density at radius 3 is 0.921 bits per heavy atom. The van der Waals surface area contributed by atoms with E-state index in [0.717, 1.165) is 270 Å². The van der Waals surface area contributed by atoms with Crippen LogP contribution in [0, 0.1) is 0 Å². The van der Waals surface area contributed by atoms with Crippen LogP contribution in [-0.2, 0) is 15.1 Å². The Bertz CT molecular complexity index is 3430. The monoisotopic (exact) mass is 1580 g/mol. The van der Waals surface area contributed by atoms with Gasteiger partial charge in [0, 0.05) is 73.6 Å². The Hall–Kier alpha value is -6.31. The van der Waals surface area contributed by atoms with Crippen LogP contribution in [0.5, 0.6) is 23.0 Å². The van der Waals surface area contributed by atoms with Crippen molar-refractivity contribution >= 4 is 58.1 Å². The number of nitrogen functional groups attached to an aromatic ring is 1. The minimum absolute atomic E-state index is 0.0243. The van der Waals surface area contributed by atoms with Crippen LogP contribution in [0.15, 0.2) is 12.1 Å². The summed E-state index contributed by atoms with van der Waals surface area (Å²) in [7, 11) is 0. The number of unbranched alkanes of at least 4 members (excludes halogenated alkanes) is 48. The Morgan fingerprint density at radius 1 is 0.307 bits per heavy atom. The van der Waals surface area contributed by atoms with E-state index in [1.165, 1.54) is 6.07 Å². The maximum absolute atomic E-state index is 16.7. The molecule has 1 spiro atoms. The van der Waals surface area contributed by atoms with E-state index in [2.05, 4.69) is 55.4 Å². The molecular weight excluding hydrogens is 1420 g/mol. The second-order valence-corrected chi connectivity index (χ2v) is 33.9. The van der Waals surface area contributed by atoms with Gasteiger partial charge in [0.2, 0.25) is 0 Å². The lowest BCUT2D eigenvalue weighted by Crippen LogP contribution is -2.39. The van der Waals surface area contributed by atoms with E-state index in [4.69, 9.17) is 19.9 Å². The summed E-state index contributed by atoms with van der Waals surface area (Å²) in [6, 6.07) is 3.07. The summed E-state index contributed by atoms with van der Waals surface area (Å²) in [5, 5.41) is 13.7. The molecule has 0 radical (unpaired) electrons. The zero-order valence-corrected chi connectivity index (χ0v) is 73.3. The van der Waals surface area contributed by atoms with Gasteiger partial charge in [0.05, 0.1) is 33.5 Å². The summed E-state index contributed by atoms with van der Waals surface area (Å²) in [5.41, 5.74) is 1.53. The molecule has 0 saturated carbocycles. The lowest BCUT2D eigenvalue weighted by Gasteiger charge is -2.41. The van der Waals surface area contributed by atoms with E-state index in [1.54, 1.807) is 6.07 Å². The molecule has 5 rings (SSSR count). The van der Waals surface area contributed by atoms with Crippen LogP contribution in [-0.4, -0.2) is 57.5 Å². The summed E-state index contributed by atoms with van der Waals surface area (Å²) in [4.78, 5) is 145. The minimum Gasteiger partial charge on any atom is -0.506 e. The molecule has 114 heavy (non-hydrogen) atoms. The number of hydrogen-bond donors (Lipinski definition) is 2. The molecule has 2 heterocycles. The third-order valence-corrected chi connectivity index (χ3v) is 24.0. The van der Waals surface area contributed by atoms with E-state index in [1.807, 2.05) is 0 Å². The van der Waals surface area contributed by atoms with Gasteiger partial charge in [0.1, 0.15) is 16.9 Å². The van der Waals surface area contributed by atoms with Gasteiger partial charge >= 0.3 is 11.9 Å². The van der Waals surface area contributed by atoms with Crippen molar-refractivity contribution in [2.75, 3.05) is 5.73 Å². The molecule has 2 aliphatic heterocycles. The number of ketones is 7. The second kappa shape index (κ2) is 57.7. The number of benzene rings is 3. The molecule has 640 valence electrons. The highest BCUT2D eigenvalue weighted by Gasteiger charge is 2.62. The number of fused-ring (bicyclic) bond motifs is 6. The predicted octanol–water partition coefficient (Wildman–Crippen LogP) is 29.9. The number of Topliss-reactive ketones (excluding diaryl/α,β-unsaturated/α-hetero) is 7. The molecular formula is C100H157NO13. The zero-order valence-electron chi connectivity index (χ0n) is 73.3. The fraction of sp³-hybridized carbons (Fsp3) is 0.730. The van der Waals surface area contributed by atoms with Gasteiger partial charge in [-0.3, -0.25) is 38.4 Å². The van der Waals surface area contributed by atoms with E-state index < -0.39 is 97.8 Å². The summed E-state index contributed by atoms with van der Waals surface area (Å²) >= 11 is 0. The first-order valence-corrected chi connectivity index (χ1v) is 47.5. The van der Waals surface area contributed by atoms with Gasteiger partial charge in [-0.05, 0) is 57.4 Å². The summed E-state index contributed by atoms with van der Waals surface area (Å²) in [6.45, 7) is 17.3. The van der Waals surface area contributed by atoms with E-state index in [0.29, 0.717) is 89.9 Å². The van der Waals surface area contributed by atoms with Crippen LogP contribution < -0.4 is 15.2 Å². The average molecular weight is 1580 g/mol. The first-order chi connectivity index (χ1) is 55.5. The van der Waals surface area contributed by atoms with E-state index in [9.17, 15) is 5.11 Å². The Morgan fingerprint density at radius 2 is 0.570 bits per heavy atom.